The average molecular weight is 341 g/mol. The maximum absolute atomic E-state index is 13.9. The second-order valence-electron chi connectivity index (χ2n) is 5.03. The molecular weight excluding hydrogens is 327 g/mol. The summed E-state index contributed by atoms with van der Waals surface area (Å²) in [6, 6.07) is 0. The third-order valence-electron chi connectivity index (χ3n) is 3.60. The summed E-state index contributed by atoms with van der Waals surface area (Å²) in [6.45, 7) is -2.35. The fraction of sp³-hybridized carbons (Fsp3) is 0.357. The van der Waals surface area contributed by atoms with Gasteiger partial charge < -0.3 is 15.6 Å². The second kappa shape index (κ2) is 6.53. The lowest BCUT2D eigenvalue weighted by atomic mass is 10.0. The van der Waals surface area contributed by atoms with Gasteiger partial charge in [-0.05, 0) is 0 Å². The lowest BCUT2D eigenvalue weighted by Gasteiger charge is -2.27. The molecule has 122 valence electrons. The minimum absolute atomic E-state index is 0.158. The molecule has 1 saturated heterocycles. The first-order valence-electron chi connectivity index (χ1n) is 6.93. The maximum atomic E-state index is 13.9. The number of nitrogens with zero attached hydrogens (tertiary/aromatic N) is 3. The summed E-state index contributed by atoms with van der Waals surface area (Å²) in [5, 5.41) is 11.8. The van der Waals surface area contributed by atoms with E-state index in [0.717, 1.165) is 12.4 Å². The molecule has 1 atom stereocenters. The van der Waals surface area contributed by atoms with Gasteiger partial charge in [0.1, 0.15) is 6.17 Å². The fourth-order valence-electron chi connectivity index (χ4n) is 2.67. The van der Waals surface area contributed by atoms with E-state index in [0.29, 0.717) is 22.1 Å². The summed E-state index contributed by atoms with van der Waals surface area (Å²) < 4.78 is 38.6. The molecule has 2 aliphatic rings. The highest BCUT2D eigenvalue weighted by atomic mass is 32.1. The fourth-order valence-corrected chi connectivity index (χ4v) is 3.32. The first-order chi connectivity index (χ1) is 11.1. The highest BCUT2D eigenvalue weighted by Crippen LogP contribution is 2.34. The predicted molar refractivity (Wildman–Crippen MR) is 82.8 cm³/mol. The molecule has 0 aliphatic carbocycles. The van der Waals surface area contributed by atoms with Crippen molar-refractivity contribution < 1.29 is 13.2 Å². The van der Waals surface area contributed by atoms with Crippen molar-refractivity contribution in [2.24, 2.45) is 4.99 Å². The number of fused-ring (bicyclic) bond motifs is 1. The summed E-state index contributed by atoms with van der Waals surface area (Å²) >= 11 is 1.41. The van der Waals surface area contributed by atoms with Crippen molar-refractivity contribution in [3.8, 4) is 0 Å². The van der Waals surface area contributed by atoms with Crippen molar-refractivity contribution in [1.82, 2.24) is 15.2 Å². The lowest BCUT2D eigenvalue weighted by Crippen LogP contribution is -2.33. The molecule has 0 aromatic carbocycles. The molecule has 0 spiro atoms. The summed E-state index contributed by atoms with van der Waals surface area (Å²) in [4.78, 5) is 10.4. The number of allylic oxidation sites excluding steroid dienone is 1. The molecule has 1 unspecified atom stereocenters. The number of hydrogen-bond donors (Lipinski definition) is 2. The molecule has 2 aliphatic heterocycles. The van der Waals surface area contributed by atoms with Crippen molar-refractivity contribution in [2.45, 2.75) is 19.1 Å². The SMILES string of the molecule is N=C/C(=C\NC(F)F)C1=C2CC(F)CN2C(c2nccs2)=NC1. The molecule has 5 nitrogen and oxygen atoms in total. The van der Waals surface area contributed by atoms with Gasteiger partial charge in [-0.2, -0.15) is 8.78 Å². The van der Waals surface area contributed by atoms with Crippen molar-refractivity contribution in [3.63, 3.8) is 0 Å². The zero-order valence-electron chi connectivity index (χ0n) is 12.0. The number of alkyl halides is 3. The maximum Gasteiger partial charge on any atom is 0.312 e. The molecule has 0 bridgehead atoms. The number of hydrogen-bond acceptors (Lipinski definition) is 6. The Morgan fingerprint density at radius 1 is 1.52 bits per heavy atom. The molecule has 9 heteroatoms. The highest BCUT2D eigenvalue weighted by molar-refractivity contribution is 7.11. The van der Waals surface area contributed by atoms with Gasteiger partial charge in [-0.1, -0.05) is 0 Å². The van der Waals surface area contributed by atoms with Crippen LogP contribution in [-0.2, 0) is 0 Å². The molecule has 1 aromatic rings. The predicted octanol–water partition coefficient (Wildman–Crippen LogP) is 2.55. The van der Waals surface area contributed by atoms with Crippen LogP contribution >= 0.6 is 11.3 Å². The van der Waals surface area contributed by atoms with Crippen LogP contribution in [0.15, 0.2) is 39.6 Å². The number of nitrogens with one attached hydrogen (secondary N) is 2. The quantitative estimate of drug-likeness (QED) is 0.639. The van der Waals surface area contributed by atoms with E-state index in [1.165, 1.54) is 11.3 Å². The minimum atomic E-state index is -2.72. The minimum Gasteiger partial charge on any atom is -0.336 e. The van der Waals surface area contributed by atoms with Crippen LogP contribution in [0.1, 0.15) is 11.4 Å². The van der Waals surface area contributed by atoms with E-state index in [2.05, 4.69) is 9.98 Å². The van der Waals surface area contributed by atoms with Crippen LogP contribution in [0.25, 0.3) is 0 Å². The highest BCUT2D eigenvalue weighted by Gasteiger charge is 2.36. The van der Waals surface area contributed by atoms with E-state index < -0.39 is 12.7 Å². The number of rotatable bonds is 5. The molecule has 23 heavy (non-hydrogen) atoms. The Bertz CT molecular complexity index is 681. The molecular formula is C14H14F3N5S. The summed E-state index contributed by atoms with van der Waals surface area (Å²) in [5.74, 6) is 0.602. The Labute approximate surface area is 134 Å². The first-order valence-corrected chi connectivity index (χ1v) is 7.81. The third-order valence-corrected chi connectivity index (χ3v) is 4.37. The second-order valence-corrected chi connectivity index (χ2v) is 5.92. The van der Waals surface area contributed by atoms with Crippen LogP contribution in [0.2, 0.25) is 0 Å². The van der Waals surface area contributed by atoms with E-state index in [1.807, 2.05) is 10.7 Å². The van der Waals surface area contributed by atoms with Gasteiger partial charge in [0, 0.05) is 47.3 Å². The van der Waals surface area contributed by atoms with Gasteiger partial charge in [0.25, 0.3) is 0 Å². The van der Waals surface area contributed by atoms with Crippen LogP contribution in [0.5, 0.6) is 0 Å². The van der Waals surface area contributed by atoms with Crippen molar-refractivity contribution in [3.05, 3.63) is 39.6 Å². The van der Waals surface area contributed by atoms with Gasteiger partial charge in [-0.3, -0.25) is 4.99 Å². The molecule has 0 saturated carbocycles. The Morgan fingerprint density at radius 2 is 2.35 bits per heavy atom. The van der Waals surface area contributed by atoms with Gasteiger partial charge >= 0.3 is 6.55 Å². The normalized spacial score (nSPS) is 21.6. The molecule has 3 rings (SSSR count). The molecule has 3 heterocycles. The summed E-state index contributed by atoms with van der Waals surface area (Å²) in [7, 11) is 0. The van der Waals surface area contributed by atoms with E-state index in [4.69, 9.17) is 5.41 Å². The first kappa shape index (κ1) is 15.7. The average Bonchev–Trinajstić information content (AvgIpc) is 3.16. The van der Waals surface area contributed by atoms with Gasteiger partial charge in [-0.15, -0.1) is 11.3 Å². The Morgan fingerprint density at radius 3 is 3.00 bits per heavy atom. The lowest BCUT2D eigenvalue weighted by molar-refractivity contribution is 0.125. The van der Waals surface area contributed by atoms with Crippen LogP contribution in [0.4, 0.5) is 13.2 Å². The largest absolute Gasteiger partial charge is 0.336 e. The third kappa shape index (κ3) is 3.14. The topological polar surface area (TPSA) is 64.4 Å². The Hall–Kier alpha value is -2.16. The zero-order valence-corrected chi connectivity index (χ0v) is 12.8. The number of amidine groups is 1. The van der Waals surface area contributed by atoms with Crippen molar-refractivity contribution in [1.29, 1.82) is 5.41 Å². The van der Waals surface area contributed by atoms with E-state index in [-0.39, 0.29) is 25.1 Å². The standard InChI is InChI=1S/C14H14F3N5S/c15-9-3-11-10(8(4-18)5-21-14(16)17)6-20-12(22(11)7-9)13-19-1-2-23-13/h1-2,4-5,9,14,18,21H,3,6-7H2/b8-5+,18-4?. The van der Waals surface area contributed by atoms with Crippen molar-refractivity contribution >= 4 is 23.4 Å². The van der Waals surface area contributed by atoms with Gasteiger partial charge in [-0.25, -0.2) is 9.37 Å². The Balaban J connectivity index is 1.96. The number of halogens is 3. The molecule has 0 amide bonds. The molecule has 1 aromatic heterocycles. The van der Waals surface area contributed by atoms with Crippen LogP contribution < -0.4 is 5.32 Å². The van der Waals surface area contributed by atoms with E-state index >= 15 is 0 Å². The number of aromatic nitrogens is 1. The van der Waals surface area contributed by atoms with Gasteiger partial charge in [0.2, 0.25) is 0 Å². The van der Waals surface area contributed by atoms with E-state index in [9.17, 15) is 13.2 Å². The van der Waals surface area contributed by atoms with Gasteiger partial charge in [0.05, 0.1) is 13.1 Å². The number of aliphatic imine (C=N–C) groups is 1. The van der Waals surface area contributed by atoms with Crippen LogP contribution in [0, 0.1) is 5.41 Å². The van der Waals surface area contributed by atoms with Crippen molar-refractivity contribution in [2.75, 3.05) is 13.1 Å². The smallest absolute Gasteiger partial charge is 0.312 e. The zero-order chi connectivity index (χ0) is 16.4. The summed E-state index contributed by atoms with van der Waals surface area (Å²) in [6.07, 6.45) is 2.83. The van der Waals surface area contributed by atoms with Crippen LogP contribution in [0.3, 0.4) is 0 Å². The Kier molecular flexibility index (Phi) is 4.46. The van der Waals surface area contributed by atoms with Gasteiger partial charge in [0.15, 0.2) is 10.8 Å². The van der Waals surface area contributed by atoms with Crippen LogP contribution in [-0.4, -0.2) is 47.7 Å². The number of thiazole rings is 1. The molecule has 1 fully saturated rings. The summed E-state index contributed by atoms with van der Waals surface area (Å²) in [5.41, 5.74) is 1.55. The molecule has 2 N–H and O–H groups in total. The van der Waals surface area contributed by atoms with E-state index in [1.54, 1.807) is 11.1 Å². The monoisotopic (exact) mass is 341 g/mol. The molecule has 0 radical (unpaired) electrons.